The van der Waals surface area contributed by atoms with Crippen LogP contribution in [-0.4, -0.2) is 10.9 Å². The Morgan fingerprint density at radius 1 is 1.59 bits per heavy atom. The molecule has 1 heterocycles. The second kappa shape index (κ2) is 6.64. The summed E-state index contributed by atoms with van der Waals surface area (Å²) in [6.45, 7) is 4.02. The van der Waals surface area contributed by atoms with Crippen LogP contribution in [0.2, 0.25) is 0 Å². The Hall–Kier alpha value is -1.89. The molecule has 1 aromatic rings. The van der Waals surface area contributed by atoms with Gasteiger partial charge in [0.05, 0.1) is 5.56 Å². The SMILES string of the molecule is CCCCC(C)C(=O)Nc1ccc(C#N)cn1. The molecule has 0 aliphatic carbocycles. The predicted molar refractivity (Wildman–Crippen MR) is 66.3 cm³/mol. The van der Waals surface area contributed by atoms with Gasteiger partial charge in [-0.25, -0.2) is 4.98 Å². The minimum Gasteiger partial charge on any atom is -0.310 e. The smallest absolute Gasteiger partial charge is 0.228 e. The van der Waals surface area contributed by atoms with Crippen molar-refractivity contribution in [3.63, 3.8) is 0 Å². The zero-order chi connectivity index (χ0) is 12.7. The number of hydrogen-bond donors (Lipinski definition) is 1. The molecule has 0 spiro atoms. The van der Waals surface area contributed by atoms with Crippen molar-refractivity contribution in [3.8, 4) is 6.07 Å². The molecule has 0 radical (unpaired) electrons. The minimum absolute atomic E-state index is 0.00704. The van der Waals surface area contributed by atoms with E-state index in [9.17, 15) is 4.79 Å². The number of carbonyl (C=O) groups is 1. The lowest BCUT2D eigenvalue weighted by atomic mass is 10.0. The van der Waals surface area contributed by atoms with Gasteiger partial charge < -0.3 is 5.32 Å². The average Bonchev–Trinajstić information content (AvgIpc) is 2.36. The number of unbranched alkanes of at least 4 members (excludes halogenated alkanes) is 1. The number of amides is 1. The van der Waals surface area contributed by atoms with E-state index in [1.54, 1.807) is 12.1 Å². The standard InChI is InChI=1S/C13H17N3O/c1-3-4-5-10(2)13(17)16-12-7-6-11(8-14)9-15-12/h6-7,9-10H,3-5H2,1-2H3,(H,15,16,17). The van der Waals surface area contributed by atoms with Gasteiger partial charge in [-0.05, 0) is 18.6 Å². The molecule has 0 aliphatic heterocycles. The molecule has 1 atom stereocenters. The van der Waals surface area contributed by atoms with Crippen molar-refractivity contribution < 1.29 is 4.79 Å². The molecule has 0 saturated carbocycles. The molecule has 0 fully saturated rings. The zero-order valence-corrected chi connectivity index (χ0v) is 10.2. The van der Waals surface area contributed by atoms with Crippen LogP contribution in [0.4, 0.5) is 5.82 Å². The molecule has 4 heteroatoms. The van der Waals surface area contributed by atoms with E-state index in [1.165, 1.54) is 6.20 Å². The van der Waals surface area contributed by atoms with Gasteiger partial charge in [0, 0.05) is 12.1 Å². The maximum atomic E-state index is 11.8. The Morgan fingerprint density at radius 2 is 2.35 bits per heavy atom. The van der Waals surface area contributed by atoms with Crippen molar-refractivity contribution in [1.29, 1.82) is 5.26 Å². The lowest BCUT2D eigenvalue weighted by Crippen LogP contribution is -2.20. The van der Waals surface area contributed by atoms with E-state index in [1.807, 2.05) is 13.0 Å². The summed E-state index contributed by atoms with van der Waals surface area (Å²) in [5.74, 6) is 0.473. The van der Waals surface area contributed by atoms with Crippen molar-refractivity contribution in [2.75, 3.05) is 5.32 Å². The van der Waals surface area contributed by atoms with Crippen molar-refractivity contribution in [3.05, 3.63) is 23.9 Å². The van der Waals surface area contributed by atoms with Crippen molar-refractivity contribution in [1.82, 2.24) is 4.98 Å². The van der Waals surface area contributed by atoms with Gasteiger partial charge in [-0.1, -0.05) is 26.7 Å². The Bertz CT molecular complexity index is 406. The fraction of sp³-hybridized carbons (Fsp3) is 0.462. The number of rotatable bonds is 5. The lowest BCUT2D eigenvalue weighted by molar-refractivity contribution is -0.119. The van der Waals surface area contributed by atoms with Gasteiger partial charge in [-0.15, -0.1) is 0 Å². The van der Waals surface area contributed by atoms with Crippen LogP contribution in [0.15, 0.2) is 18.3 Å². The van der Waals surface area contributed by atoms with E-state index in [4.69, 9.17) is 5.26 Å². The molecule has 0 aromatic carbocycles. The highest BCUT2D eigenvalue weighted by Gasteiger charge is 2.12. The van der Waals surface area contributed by atoms with E-state index in [-0.39, 0.29) is 11.8 Å². The molecule has 90 valence electrons. The maximum Gasteiger partial charge on any atom is 0.228 e. The number of anilines is 1. The quantitative estimate of drug-likeness (QED) is 0.847. The molecule has 1 amide bonds. The van der Waals surface area contributed by atoms with Gasteiger partial charge in [0.15, 0.2) is 0 Å². The first-order chi connectivity index (χ1) is 8.17. The lowest BCUT2D eigenvalue weighted by Gasteiger charge is -2.10. The fourth-order valence-corrected chi connectivity index (χ4v) is 1.42. The van der Waals surface area contributed by atoms with Crippen molar-refractivity contribution >= 4 is 11.7 Å². The predicted octanol–water partition coefficient (Wildman–Crippen LogP) is 2.72. The van der Waals surface area contributed by atoms with Crippen LogP contribution >= 0.6 is 0 Å². The van der Waals surface area contributed by atoms with E-state index in [0.29, 0.717) is 11.4 Å². The van der Waals surface area contributed by atoms with Crippen LogP contribution in [0.1, 0.15) is 38.7 Å². The average molecular weight is 231 g/mol. The van der Waals surface area contributed by atoms with E-state index in [2.05, 4.69) is 17.2 Å². The van der Waals surface area contributed by atoms with Gasteiger partial charge in [0.2, 0.25) is 5.91 Å². The topological polar surface area (TPSA) is 65.8 Å². The number of carbonyl (C=O) groups excluding carboxylic acids is 1. The molecule has 17 heavy (non-hydrogen) atoms. The van der Waals surface area contributed by atoms with Crippen molar-refractivity contribution in [2.24, 2.45) is 5.92 Å². The number of nitriles is 1. The molecule has 1 aromatic heterocycles. The first-order valence-electron chi connectivity index (χ1n) is 5.84. The highest BCUT2D eigenvalue weighted by Crippen LogP contribution is 2.11. The van der Waals surface area contributed by atoms with Gasteiger partial charge in [0.1, 0.15) is 11.9 Å². The summed E-state index contributed by atoms with van der Waals surface area (Å²) in [7, 11) is 0. The molecule has 1 rings (SSSR count). The molecule has 1 unspecified atom stereocenters. The van der Waals surface area contributed by atoms with Gasteiger partial charge in [-0.2, -0.15) is 5.26 Å². The highest BCUT2D eigenvalue weighted by atomic mass is 16.1. The molecule has 0 aliphatic rings. The number of aromatic nitrogens is 1. The largest absolute Gasteiger partial charge is 0.310 e. The van der Waals surface area contributed by atoms with Gasteiger partial charge in [0.25, 0.3) is 0 Å². The van der Waals surface area contributed by atoms with Crippen LogP contribution in [-0.2, 0) is 4.79 Å². The second-order valence-electron chi connectivity index (χ2n) is 4.08. The van der Waals surface area contributed by atoms with Crippen molar-refractivity contribution in [2.45, 2.75) is 33.1 Å². The third kappa shape index (κ3) is 4.23. The summed E-state index contributed by atoms with van der Waals surface area (Å²) in [6.07, 6.45) is 4.48. The summed E-state index contributed by atoms with van der Waals surface area (Å²) in [5, 5.41) is 11.4. The Labute approximate surface area is 102 Å². The van der Waals surface area contributed by atoms with Crippen LogP contribution < -0.4 is 5.32 Å². The van der Waals surface area contributed by atoms with Crippen LogP contribution in [0, 0.1) is 17.2 Å². The Balaban J connectivity index is 2.52. The number of nitrogens with zero attached hydrogens (tertiary/aromatic N) is 2. The Morgan fingerprint density at radius 3 is 2.88 bits per heavy atom. The number of nitrogens with one attached hydrogen (secondary N) is 1. The monoisotopic (exact) mass is 231 g/mol. The molecular weight excluding hydrogens is 214 g/mol. The van der Waals surface area contributed by atoms with Gasteiger partial charge >= 0.3 is 0 Å². The fourth-order valence-electron chi connectivity index (χ4n) is 1.42. The van der Waals surface area contributed by atoms with Gasteiger partial charge in [-0.3, -0.25) is 4.79 Å². The third-order valence-electron chi connectivity index (χ3n) is 2.58. The first kappa shape index (κ1) is 13.2. The molecule has 0 bridgehead atoms. The van der Waals surface area contributed by atoms with Crippen LogP contribution in [0.3, 0.4) is 0 Å². The minimum atomic E-state index is -0.0179. The summed E-state index contributed by atoms with van der Waals surface area (Å²) >= 11 is 0. The number of hydrogen-bond acceptors (Lipinski definition) is 3. The molecule has 4 nitrogen and oxygen atoms in total. The summed E-state index contributed by atoms with van der Waals surface area (Å²) in [4.78, 5) is 15.8. The summed E-state index contributed by atoms with van der Waals surface area (Å²) in [5.41, 5.74) is 0.488. The summed E-state index contributed by atoms with van der Waals surface area (Å²) < 4.78 is 0. The highest BCUT2D eigenvalue weighted by molar-refractivity contribution is 5.91. The molecule has 1 N–H and O–H groups in total. The first-order valence-corrected chi connectivity index (χ1v) is 5.84. The third-order valence-corrected chi connectivity index (χ3v) is 2.58. The Kier molecular flexibility index (Phi) is 5.15. The molecule has 0 saturated heterocycles. The summed E-state index contributed by atoms with van der Waals surface area (Å²) in [6, 6.07) is 5.26. The van der Waals surface area contributed by atoms with Crippen LogP contribution in [0.25, 0.3) is 0 Å². The van der Waals surface area contributed by atoms with E-state index < -0.39 is 0 Å². The maximum absolute atomic E-state index is 11.8. The van der Waals surface area contributed by atoms with E-state index >= 15 is 0 Å². The number of pyridine rings is 1. The van der Waals surface area contributed by atoms with Crippen LogP contribution in [0.5, 0.6) is 0 Å². The zero-order valence-electron chi connectivity index (χ0n) is 10.2. The second-order valence-corrected chi connectivity index (χ2v) is 4.08. The normalized spacial score (nSPS) is 11.6. The van der Waals surface area contributed by atoms with E-state index in [0.717, 1.165) is 19.3 Å². The molecular formula is C13H17N3O.